The molecule has 0 heterocycles. The Morgan fingerprint density at radius 2 is 2.27 bits per heavy atom. The van der Waals surface area contributed by atoms with Gasteiger partial charge in [0.15, 0.2) is 0 Å². The highest BCUT2D eigenvalue weighted by atomic mass is 16.5. The first kappa shape index (κ1) is 7.60. The fraction of sp³-hybridized carbons (Fsp3) is 0.125. The first-order chi connectivity index (χ1) is 5.18. The number of rotatable bonds is 1. The SMILES string of the molecule is Cc1cccc(OC(=N)N)c1. The summed E-state index contributed by atoms with van der Waals surface area (Å²) in [7, 11) is 0. The van der Waals surface area contributed by atoms with Gasteiger partial charge in [-0.3, -0.25) is 5.41 Å². The maximum atomic E-state index is 6.86. The summed E-state index contributed by atoms with van der Waals surface area (Å²) in [6.45, 7) is 1.95. The van der Waals surface area contributed by atoms with E-state index in [-0.39, 0.29) is 6.02 Å². The van der Waals surface area contributed by atoms with Gasteiger partial charge in [0.1, 0.15) is 5.75 Å². The molecule has 3 heteroatoms. The Balaban J connectivity index is 2.79. The predicted octanol–water partition coefficient (Wildman–Crippen LogP) is 1.27. The van der Waals surface area contributed by atoms with E-state index in [9.17, 15) is 0 Å². The summed E-state index contributed by atoms with van der Waals surface area (Å²) in [5.41, 5.74) is 6.12. The van der Waals surface area contributed by atoms with Gasteiger partial charge in [-0.1, -0.05) is 12.1 Å². The molecule has 0 radical (unpaired) electrons. The van der Waals surface area contributed by atoms with Gasteiger partial charge in [-0.2, -0.15) is 0 Å². The van der Waals surface area contributed by atoms with E-state index in [0.29, 0.717) is 5.75 Å². The Labute approximate surface area is 65.3 Å². The molecule has 0 saturated heterocycles. The second-order valence-corrected chi connectivity index (χ2v) is 2.28. The molecule has 0 aliphatic rings. The summed E-state index contributed by atoms with van der Waals surface area (Å²) in [4.78, 5) is 0. The number of nitrogens with one attached hydrogen (secondary N) is 1. The molecule has 0 unspecified atom stereocenters. The van der Waals surface area contributed by atoms with Crippen molar-refractivity contribution in [1.82, 2.24) is 0 Å². The molecule has 0 bridgehead atoms. The molecule has 3 nitrogen and oxygen atoms in total. The first-order valence-electron chi connectivity index (χ1n) is 3.27. The third-order valence-electron chi connectivity index (χ3n) is 1.22. The average molecular weight is 150 g/mol. The fourth-order valence-electron chi connectivity index (χ4n) is 0.806. The van der Waals surface area contributed by atoms with Gasteiger partial charge in [0.2, 0.25) is 0 Å². The summed E-state index contributed by atoms with van der Waals surface area (Å²) < 4.78 is 4.86. The van der Waals surface area contributed by atoms with Gasteiger partial charge in [0.05, 0.1) is 0 Å². The molecule has 0 saturated carbocycles. The number of nitrogens with two attached hydrogens (primary N) is 1. The quantitative estimate of drug-likeness (QED) is 0.467. The molecular formula is C8H10N2O. The Morgan fingerprint density at radius 1 is 1.55 bits per heavy atom. The Hall–Kier alpha value is -1.51. The van der Waals surface area contributed by atoms with Gasteiger partial charge < -0.3 is 10.5 Å². The van der Waals surface area contributed by atoms with Gasteiger partial charge in [-0.15, -0.1) is 0 Å². The van der Waals surface area contributed by atoms with Crippen LogP contribution in [0.2, 0.25) is 0 Å². The predicted molar refractivity (Wildman–Crippen MR) is 43.7 cm³/mol. The second kappa shape index (κ2) is 3.05. The van der Waals surface area contributed by atoms with Crippen LogP contribution in [0.4, 0.5) is 0 Å². The monoisotopic (exact) mass is 150 g/mol. The Kier molecular flexibility index (Phi) is 2.11. The molecule has 0 aliphatic carbocycles. The van der Waals surface area contributed by atoms with Crippen LogP contribution in [0.15, 0.2) is 24.3 Å². The van der Waals surface area contributed by atoms with E-state index >= 15 is 0 Å². The molecule has 3 N–H and O–H groups in total. The molecule has 11 heavy (non-hydrogen) atoms. The number of hydrogen-bond donors (Lipinski definition) is 2. The third kappa shape index (κ3) is 2.29. The van der Waals surface area contributed by atoms with Crippen LogP contribution in [0.5, 0.6) is 5.75 Å². The standard InChI is InChI=1S/C8H10N2O/c1-6-3-2-4-7(5-6)11-8(9)10/h2-5H,1H3,(H3,9,10). The van der Waals surface area contributed by atoms with Crippen molar-refractivity contribution in [3.05, 3.63) is 29.8 Å². The highest BCUT2D eigenvalue weighted by Crippen LogP contribution is 2.11. The van der Waals surface area contributed by atoms with Crippen molar-refractivity contribution in [2.45, 2.75) is 6.92 Å². The first-order valence-corrected chi connectivity index (χ1v) is 3.27. The van der Waals surface area contributed by atoms with Crippen molar-refractivity contribution in [2.75, 3.05) is 0 Å². The molecule has 1 aromatic rings. The van der Waals surface area contributed by atoms with E-state index in [1.54, 1.807) is 6.07 Å². The summed E-state index contributed by atoms with van der Waals surface area (Å²) in [6.07, 6.45) is 0. The van der Waals surface area contributed by atoms with Gasteiger partial charge in [0, 0.05) is 0 Å². The van der Waals surface area contributed by atoms with Crippen LogP contribution in [-0.4, -0.2) is 6.02 Å². The average Bonchev–Trinajstić information content (AvgIpc) is 1.85. The van der Waals surface area contributed by atoms with Crippen molar-refractivity contribution >= 4 is 6.02 Å². The molecular weight excluding hydrogens is 140 g/mol. The van der Waals surface area contributed by atoms with Crippen molar-refractivity contribution in [1.29, 1.82) is 5.41 Å². The zero-order valence-electron chi connectivity index (χ0n) is 6.29. The van der Waals surface area contributed by atoms with Crippen molar-refractivity contribution in [3.8, 4) is 5.75 Å². The minimum Gasteiger partial charge on any atom is -0.426 e. The Bertz CT molecular complexity index is 271. The zero-order valence-corrected chi connectivity index (χ0v) is 6.29. The summed E-state index contributed by atoms with van der Waals surface area (Å²) in [5.74, 6) is 0.609. The largest absolute Gasteiger partial charge is 0.426 e. The minimum atomic E-state index is -0.282. The smallest absolute Gasteiger partial charge is 0.284 e. The minimum absolute atomic E-state index is 0.282. The van der Waals surface area contributed by atoms with E-state index in [4.69, 9.17) is 15.9 Å². The maximum Gasteiger partial charge on any atom is 0.284 e. The lowest BCUT2D eigenvalue weighted by Crippen LogP contribution is -2.17. The van der Waals surface area contributed by atoms with Crippen molar-refractivity contribution < 1.29 is 4.74 Å². The van der Waals surface area contributed by atoms with Gasteiger partial charge in [0.25, 0.3) is 6.02 Å². The molecule has 58 valence electrons. The highest BCUT2D eigenvalue weighted by molar-refractivity contribution is 5.70. The van der Waals surface area contributed by atoms with Crippen LogP contribution in [-0.2, 0) is 0 Å². The number of amidine groups is 1. The number of aryl methyl sites for hydroxylation is 1. The zero-order chi connectivity index (χ0) is 8.27. The van der Waals surface area contributed by atoms with Crippen LogP contribution in [0.3, 0.4) is 0 Å². The normalized spacial score (nSPS) is 9.18. The summed E-state index contributed by atoms with van der Waals surface area (Å²) >= 11 is 0. The molecule has 1 rings (SSSR count). The molecule has 0 amide bonds. The second-order valence-electron chi connectivity index (χ2n) is 2.28. The van der Waals surface area contributed by atoms with Gasteiger partial charge >= 0.3 is 0 Å². The highest BCUT2D eigenvalue weighted by Gasteiger charge is 1.93. The van der Waals surface area contributed by atoms with E-state index < -0.39 is 0 Å². The number of benzene rings is 1. The molecule has 1 aromatic carbocycles. The summed E-state index contributed by atoms with van der Waals surface area (Å²) in [5, 5.41) is 6.86. The van der Waals surface area contributed by atoms with Crippen LogP contribution >= 0.6 is 0 Å². The molecule has 0 fully saturated rings. The van der Waals surface area contributed by atoms with Crippen LogP contribution in [0, 0.1) is 12.3 Å². The van der Waals surface area contributed by atoms with E-state index in [2.05, 4.69) is 0 Å². The lowest BCUT2D eigenvalue weighted by atomic mass is 10.2. The number of ether oxygens (including phenoxy) is 1. The van der Waals surface area contributed by atoms with Crippen LogP contribution in [0.25, 0.3) is 0 Å². The lowest BCUT2D eigenvalue weighted by molar-refractivity contribution is 0.537. The lowest BCUT2D eigenvalue weighted by Gasteiger charge is -2.01. The van der Waals surface area contributed by atoms with Crippen molar-refractivity contribution in [3.63, 3.8) is 0 Å². The maximum absolute atomic E-state index is 6.86. The van der Waals surface area contributed by atoms with Gasteiger partial charge in [-0.25, -0.2) is 0 Å². The molecule has 0 aromatic heterocycles. The molecule has 0 atom stereocenters. The summed E-state index contributed by atoms with van der Waals surface area (Å²) in [6, 6.07) is 7.10. The van der Waals surface area contributed by atoms with E-state index in [1.165, 1.54) is 0 Å². The third-order valence-corrected chi connectivity index (χ3v) is 1.22. The van der Waals surface area contributed by atoms with E-state index in [1.807, 2.05) is 25.1 Å². The topological polar surface area (TPSA) is 59.1 Å². The van der Waals surface area contributed by atoms with Crippen LogP contribution in [0.1, 0.15) is 5.56 Å². The fourth-order valence-corrected chi connectivity index (χ4v) is 0.806. The molecule has 0 spiro atoms. The van der Waals surface area contributed by atoms with Crippen molar-refractivity contribution in [2.24, 2.45) is 5.73 Å². The van der Waals surface area contributed by atoms with Crippen LogP contribution < -0.4 is 10.5 Å². The van der Waals surface area contributed by atoms with E-state index in [0.717, 1.165) is 5.56 Å². The van der Waals surface area contributed by atoms with Gasteiger partial charge in [-0.05, 0) is 24.6 Å². The Morgan fingerprint density at radius 3 is 2.82 bits per heavy atom. The molecule has 0 aliphatic heterocycles. The number of hydrogen-bond acceptors (Lipinski definition) is 2.